The van der Waals surface area contributed by atoms with Crippen LogP contribution in [0, 0.1) is 11.6 Å². The first-order chi connectivity index (χ1) is 9.10. The molecule has 1 saturated heterocycles. The van der Waals surface area contributed by atoms with Gasteiger partial charge in [-0.25, -0.2) is 8.78 Å². The van der Waals surface area contributed by atoms with Crippen molar-refractivity contribution in [2.75, 3.05) is 38.6 Å². The van der Waals surface area contributed by atoms with Gasteiger partial charge in [0.15, 0.2) is 0 Å². The Labute approximate surface area is 115 Å². The highest BCUT2D eigenvalue weighted by Crippen LogP contribution is 2.12. The molecule has 1 heterocycles. The predicted molar refractivity (Wildman–Crippen MR) is 69.4 cm³/mol. The largest absolute Gasteiger partial charge is 0.336 e. The summed E-state index contributed by atoms with van der Waals surface area (Å²) in [4.78, 5) is 15.9. The van der Waals surface area contributed by atoms with Crippen molar-refractivity contribution in [1.82, 2.24) is 9.80 Å². The summed E-state index contributed by atoms with van der Waals surface area (Å²) < 4.78 is 26.2. The van der Waals surface area contributed by atoms with E-state index in [1.165, 1.54) is 0 Å². The molecule has 0 bridgehead atoms. The van der Waals surface area contributed by atoms with Gasteiger partial charge in [-0.3, -0.25) is 9.69 Å². The van der Waals surface area contributed by atoms with Gasteiger partial charge in [0.2, 0.25) is 0 Å². The number of halogens is 3. The third-order valence-corrected chi connectivity index (χ3v) is 3.34. The van der Waals surface area contributed by atoms with E-state index in [0.717, 1.165) is 37.8 Å². The highest BCUT2D eigenvalue weighted by atomic mass is 35.5. The van der Waals surface area contributed by atoms with Crippen LogP contribution in [0.4, 0.5) is 8.78 Å². The Morgan fingerprint density at radius 3 is 2.21 bits per heavy atom. The lowest BCUT2D eigenvalue weighted by atomic mass is 10.1. The Kier molecular flexibility index (Phi) is 4.71. The molecule has 6 heteroatoms. The molecular formula is C13H15ClF2N2O. The van der Waals surface area contributed by atoms with E-state index in [1.807, 2.05) is 0 Å². The van der Waals surface area contributed by atoms with Crippen molar-refractivity contribution in [3.63, 3.8) is 0 Å². The van der Waals surface area contributed by atoms with Crippen molar-refractivity contribution in [1.29, 1.82) is 0 Å². The predicted octanol–water partition coefficient (Wildman–Crippen LogP) is 1.96. The second-order valence-corrected chi connectivity index (χ2v) is 4.86. The summed E-state index contributed by atoms with van der Waals surface area (Å²) >= 11 is 5.66. The smallest absolute Gasteiger partial charge is 0.254 e. The summed E-state index contributed by atoms with van der Waals surface area (Å²) in [6.07, 6.45) is 0. The van der Waals surface area contributed by atoms with Crippen LogP contribution in [0.5, 0.6) is 0 Å². The van der Waals surface area contributed by atoms with Crippen LogP contribution in [0.25, 0.3) is 0 Å². The molecule has 0 saturated carbocycles. The lowest BCUT2D eigenvalue weighted by Gasteiger charge is -2.34. The molecule has 0 aliphatic carbocycles. The van der Waals surface area contributed by atoms with Crippen molar-refractivity contribution in [3.05, 3.63) is 35.4 Å². The fourth-order valence-electron chi connectivity index (χ4n) is 2.15. The van der Waals surface area contributed by atoms with E-state index >= 15 is 0 Å². The Morgan fingerprint density at radius 1 is 1.11 bits per heavy atom. The molecule has 1 aliphatic rings. The quantitative estimate of drug-likeness (QED) is 0.794. The summed E-state index contributed by atoms with van der Waals surface area (Å²) in [5, 5.41) is 0. The molecule has 0 spiro atoms. The Hall–Kier alpha value is -1.20. The molecule has 0 atom stereocenters. The first-order valence-corrected chi connectivity index (χ1v) is 6.67. The standard InChI is InChI=1S/C13H15ClF2N2O/c14-1-2-17-3-5-18(6-4-17)13(19)10-7-11(15)9-12(16)8-10/h7-9H,1-6H2. The number of alkyl halides is 1. The van der Waals surface area contributed by atoms with E-state index < -0.39 is 11.6 Å². The maximum Gasteiger partial charge on any atom is 0.254 e. The van der Waals surface area contributed by atoms with Crippen molar-refractivity contribution in [2.45, 2.75) is 0 Å². The van der Waals surface area contributed by atoms with Gasteiger partial charge in [0.1, 0.15) is 11.6 Å². The molecule has 1 aliphatic heterocycles. The minimum absolute atomic E-state index is 0.0586. The normalized spacial score (nSPS) is 16.7. The fraction of sp³-hybridized carbons (Fsp3) is 0.462. The molecule has 1 aromatic rings. The lowest BCUT2D eigenvalue weighted by Crippen LogP contribution is -2.49. The number of nitrogens with zero attached hydrogens (tertiary/aromatic N) is 2. The Bertz CT molecular complexity index is 442. The summed E-state index contributed by atoms with van der Waals surface area (Å²) in [5.74, 6) is -1.24. The van der Waals surface area contributed by atoms with Crippen LogP contribution in [0.3, 0.4) is 0 Å². The van der Waals surface area contributed by atoms with E-state index in [1.54, 1.807) is 4.90 Å². The van der Waals surface area contributed by atoms with E-state index in [9.17, 15) is 13.6 Å². The molecule has 0 aromatic heterocycles. The van der Waals surface area contributed by atoms with Crippen LogP contribution in [0.1, 0.15) is 10.4 Å². The molecule has 1 amide bonds. The number of rotatable bonds is 3. The van der Waals surface area contributed by atoms with Crippen molar-refractivity contribution in [3.8, 4) is 0 Å². The van der Waals surface area contributed by atoms with Crippen LogP contribution in [-0.4, -0.2) is 54.3 Å². The Morgan fingerprint density at radius 2 is 1.68 bits per heavy atom. The molecule has 1 fully saturated rings. The third kappa shape index (κ3) is 3.64. The first-order valence-electron chi connectivity index (χ1n) is 6.14. The zero-order valence-corrected chi connectivity index (χ0v) is 11.2. The minimum atomic E-state index is -0.732. The molecule has 19 heavy (non-hydrogen) atoms. The van der Waals surface area contributed by atoms with Crippen LogP contribution in [-0.2, 0) is 0 Å². The van der Waals surface area contributed by atoms with Gasteiger partial charge in [0.05, 0.1) is 0 Å². The summed E-state index contributed by atoms with van der Waals surface area (Å²) in [5.41, 5.74) is 0.0586. The number of hydrogen-bond donors (Lipinski definition) is 0. The van der Waals surface area contributed by atoms with Gasteiger partial charge in [0.25, 0.3) is 5.91 Å². The van der Waals surface area contributed by atoms with Gasteiger partial charge in [-0.15, -0.1) is 11.6 Å². The zero-order chi connectivity index (χ0) is 13.8. The Balaban J connectivity index is 2.01. The molecule has 0 unspecified atom stereocenters. The number of amides is 1. The van der Waals surface area contributed by atoms with Gasteiger partial charge in [0, 0.05) is 50.2 Å². The molecule has 2 rings (SSSR count). The van der Waals surface area contributed by atoms with Crippen LogP contribution in [0.2, 0.25) is 0 Å². The monoisotopic (exact) mass is 288 g/mol. The summed E-state index contributed by atoms with van der Waals surface area (Å²) in [7, 11) is 0. The van der Waals surface area contributed by atoms with Gasteiger partial charge in [-0.2, -0.15) is 0 Å². The van der Waals surface area contributed by atoms with Gasteiger partial charge in [-0.1, -0.05) is 0 Å². The van der Waals surface area contributed by atoms with Gasteiger partial charge in [-0.05, 0) is 12.1 Å². The average Bonchev–Trinajstić information content (AvgIpc) is 2.38. The van der Waals surface area contributed by atoms with E-state index in [-0.39, 0.29) is 11.5 Å². The topological polar surface area (TPSA) is 23.6 Å². The third-order valence-electron chi connectivity index (χ3n) is 3.17. The zero-order valence-electron chi connectivity index (χ0n) is 10.4. The van der Waals surface area contributed by atoms with Crippen LogP contribution in [0.15, 0.2) is 18.2 Å². The summed E-state index contributed by atoms with van der Waals surface area (Å²) in [6, 6.07) is 2.89. The molecule has 0 N–H and O–H groups in total. The second kappa shape index (κ2) is 6.30. The average molecular weight is 289 g/mol. The van der Waals surface area contributed by atoms with Crippen molar-refractivity contribution >= 4 is 17.5 Å². The molecule has 104 valence electrons. The van der Waals surface area contributed by atoms with E-state index in [2.05, 4.69) is 4.90 Å². The minimum Gasteiger partial charge on any atom is -0.336 e. The molecule has 3 nitrogen and oxygen atoms in total. The highest BCUT2D eigenvalue weighted by Gasteiger charge is 2.22. The number of benzene rings is 1. The molecular weight excluding hydrogens is 274 g/mol. The molecule has 1 aromatic carbocycles. The fourth-order valence-corrected chi connectivity index (χ4v) is 2.39. The van der Waals surface area contributed by atoms with Gasteiger partial charge < -0.3 is 4.90 Å². The number of carbonyl (C=O) groups is 1. The maximum atomic E-state index is 13.1. The first kappa shape index (κ1) is 14.2. The summed E-state index contributed by atoms with van der Waals surface area (Å²) in [6.45, 7) is 3.35. The number of piperazine rings is 1. The number of hydrogen-bond acceptors (Lipinski definition) is 2. The SMILES string of the molecule is O=C(c1cc(F)cc(F)c1)N1CCN(CCCl)CC1. The van der Waals surface area contributed by atoms with Crippen LogP contribution >= 0.6 is 11.6 Å². The molecule has 0 radical (unpaired) electrons. The van der Waals surface area contributed by atoms with Crippen LogP contribution < -0.4 is 0 Å². The van der Waals surface area contributed by atoms with Gasteiger partial charge >= 0.3 is 0 Å². The number of carbonyl (C=O) groups excluding carboxylic acids is 1. The second-order valence-electron chi connectivity index (χ2n) is 4.48. The lowest BCUT2D eigenvalue weighted by molar-refractivity contribution is 0.0643. The van der Waals surface area contributed by atoms with E-state index in [0.29, 0.717) is 19.0 Å². The van der Waals surface area contributed by atoms with Crippen molar-refractivity contribution < 1.29 is 13.6 Å². The van der Waals surface area contributed by atoms with Crippen molar-refractivity contribution in [2.24, 2.45) is 0 Å². The van der Waals surface area contributed by atoms with E-state index in [4.69, 9.17) is 11.6 Å². The maximum absolute atomic E-state index is 13.1. The highest BCUT2D eigenvalue weighted by molar-refractivity contribution is 6.18.